The first kappa shape index (κ1) is 13.6. The van der Waals surface area contributed by atoms with Gasteiger partial charge in [-0.05, 0) is 62.3 Å². The smallest absolute Gasteiger partial charge is 0.123 e. The molecule has 1 N–H and O–H groups in total. The van der Waals surface area contributed by atoms with Crippen LogP contribution in [0.15, 0.2) is 24.3 Å². The number of rotatable bonds is 4. The predicted molar refractivity (Wildman–Crippen MR) is 85.4 cm³/mol. The maximum Gasteiger partial charge on any atom is 0.123 e. The Hall–Kier alpha value is -1.02. The number of para-hydroxylation sites is 1. The van der Waals surface area contributed by atoms with Crippen molar-refractivity contribution in [2.24, 2.45) is 23.7 Å². The molecule has 1 aromatic rings. The zero-order valence-corrected chi connectivity index (χ0v) is 13.2. The highest BCUT2D eigenvalue weighted by Gasteiger charge is 2.53. The molecule has 3 fully saturated rings. The van der Waals surface area contributed by atoms with Crippen molar-refractivity contribution in [1.29, 1.82) is 0 Å². The lowest BCUT2D eigenvalue weighted by Crippen LogP contribution is -2.40. The molecule has 0 aliphatic heterocycles. The average Bonchev–Trinajstić information content (AvgIpc) is 3.19. The Labute approximate surface area is 128 Å². The molecule has 0 heterocycles. The summed E-state index contributed by atoms with van der Waals surface area (Å²) in [6, 6.07) is 9.54. The summed E-state index contributed by atoms with van der Waals surface area (Å²) < 4.78 is 5.52. The van der Waals surface area contributed by atoms with E-state index in [1.54, 1.807) is 7.11 Å². The lowest BCUT2D eigenvalue weighted by Gasteiger charge is -2.34. The Morgan fingerprint density at radius 3 is 2.76 bits per heavy atom. The zero-order valence-electron chi connectivity index (χ0n) is 13.2. The molecule has 114 valence electrons. The van der Waals surface area contributed by atoms with Gasteiger partial charge in [-0.1, -0.05) is 24.6 Å². The summed E-state index contributed by atoms with van der Waals surface area (Å²) in [4.78, 5) is 0. The minimum Gasteiger partial charge on any atom is -0.496 e. The second-order valence-electron chi connectivity index (χ2n) is 7.39. The largest absolute Gasteiger partial charge is 0.496 e. The van der Waals surface area contributed by atoms with E-state index in [1.807, 2.05) is 0 Å². The Morgan fingerprint density at radius 1 is 1.10 bits per heavy atom. The molecule has 6 atom stereocenters. The van der Waals surface area contributed by atoms with Crippen LogP contribution >= 0.6 is 0 Å². The highest BCUT2D eigenvalue weighted by Crippen LogP contribution is 2.58. The highest BCUT2D eigenvalue weighted by atomic mass is 16.5. The molecule has 2 heteroatoms. The zero-order chi connectivity index (χ0) is 14.4. The van der Waals surface area contributed by atoms with Crippen molar-refractivity contribution in [3.05, 3.63) is 29.8 Å². The summed E-state index contributed by atoms with van der Waals surface area (Å²) >= 11 is 0. The van der Waals surface area contributed by atoms with Crippen LogP contribution in [0.2, 0.25) is 0 Å². The van der Waals surface area contributed by atoms with Crippen molar-refractivity contribution < 1.29 is 4.74 Å². The van der Waals surface area contributed by atoms with Crippen LogP contribution in [0.4, 0.5) is 0 Å². The van der Waals surface area contributed by atoms with E-state index in [9.17, 15) is 0 Å². The van der Waals surface area contributed by atoms with Gasteiger partial charge in [-0.15, -0.1) is 0 Å². The van der Waals surface area contributed by atoms with Crippen molar-refractivity contribution in [3.8, 4) is 5.75 Å². The Balaban J connectivity index is 1.47. The first-order chi connectivity index (χ1) is 10.3. The molecular weight excluding hydrogens is 258 g/mol. The van der Waals surface area contributed by atoms with Crippen LogP contribution in [0, 0.1) is 23.7 Å². The molecule has 1 aromatic carbocycles. The minimum atomic E-state index is 0.380. The summed E-state index contributed by atoms with van der Waals surface area (Å²) in [5.41, 5.74) is 1.30. The molecule has 0 aromatic heterocycles. The van der Waals surface area contributed by atoms with E-state index >= 15 is 0 Å². The highest BCUT2D eigenvalue weighted by molar-refractivity contribution is 5.35. The molecule has 2 nitrogen and oxygen atoms in total. The van der Waals surface area contributed by atoms with E-state index in [2.05, 4.69) is 36.5 Å². The van der Waals surface area contributed by atoms with Gasteiger partial charge in [-0.25, -0.2) is 0 Å². The van der Waals surface area contributed by atoms with Crippen molar-refractivity contribution in [2.75, 3.05) is 7.11 Å². The minimum absolute atomic E-state index is 0.380. The molecular formula is C19H27NO. The topological polar surface area (TPSA) is 21.3 Å². The third kappa shape index (κ3) is 2.19. The van der Waals surface area contributed by atoms with Crippen LogP contribution in [0.1, 0.15) is 50.6 Å². The summed E-state index contributed by atoms with van der Waals surface area (Å²) in [7, 11) is 1.77. The first-order valence-corrected chi connectivity index (χ1v) is 8.67. The molecule has 2 bridgehead atoms. The number of nitrogens with one attached hydrogen (secondary N) is 1. The van der Waals surface area contributed by atoms with E-state index in [0.29, 0.717) is 6.04 Å². The third-order valence-electron chi connectivity index (χ3n) is 6.50. The Kier molecular flexibility index (Phi) is 3.45. The fourth-order valence-corrected chi connectivity index (χ4v) is 5.69. The second-order valence-corrected chi connectivity index (χ2v) is 7.39. The molecule has 0 amide bonds. The quantitative estimate of drug-likeness (QED) is 0.896. The fraction of sp³-hybridized carbons (Fsp3) is 0.684. The van der Waals surface area contributed by atoms with Gasteiger partial charge in [-0.2, -0.15) is 0 Å². The van der Waals surface area contributed by atoms with E-state index in [4.69, 9.17) is 4.74 Å². The summed E-state index contributed by atoms with van der Waals surface area (Å²) in [6.45, 7) is 2.29. The lowest BCUT2D eigenvalue weighted by molar-refractivity contribution is 0.199. The maximum atomic E-state index is 5.52. The number of ether oxygens (including phenoxy) is 1. The van der Waals surface area contributed by atoms with Crippen LogP contribution in [-0.4, -0.2) is 13.2 Å². The molecule has 0 spiro atoms. The van der Waals surface area contributed by atoms with Gasteiger partial charge in [0, 0.05) is 17.6 Å². The molecule has 21 heavy (non-hydrogen) atoms. The lowest BCUT2D eigenvalue weighted by atomic mass is 9.79. The average molecular weight is 285 g/mol. The van der Waals surface area contributed by atoms with Gasteiger partial charge in [0.15, 0.2) is 0 Å². The SMILES string of the molecule is COc1ccccc1C(C)NC1CC2CC1C1CCCC21. The van der Waals surface area contributed by atoms with Crippen LogP contribution in [0.5, 0.6) is 5.75 Å². The van der Waals surface area contributed by atoms with E-state index in [-0.39, 0.29) is 0 Å². The first-order valence-electron chi connectivity index (χ1n) is 8.67. The molecule has 0 radical (unpaired) electrons. The second kappa shape index (κ2) is 5.31. The molecule has 4 rings (SSSR count). The van der Waals surface area contributed by atoms with E-state index in [0.717, 1.165) is 35.5 Å². The number of fused-ring (bicyclic) bond motifs is 5. The number of benzene rings is 1. The molecule has 3 saturated carbocycles. The molecule has 0 saturated heterocycles. The number of methoxy groups -OCH3 is 1. The molecule has 3 aliphatic rings. The molecule has 6 unspecified atom stereocenters. The summed E-state index contributed by atoms with van der Waals surface area (Å²) in [5, 5.41) is 3.93. The van der Waals surface area contributed by atoms with E-state index < -0.39 is 0 Å². The van der Waals surface area contributed by atoms with Gasteiger partial charge in [0.05, 0.1) is 7.11 Å². The summed E-state index contributed by atoms with van der Waals surface area (Å²) in [6.07, 6.45) is 7.39. The van der Waals surface area contributed by atoms with Gasteiger partial charge < -0.3 is 10.1 Å². The third-order valence-corrected chi connectivity index (χ3v) is 6.50. The fourth-order valence-electron chi connectivity index (χ4n) is 5.69. The van der Waals surface area contributed by atoms with Gasteiger partial charge in [0.1, 0.15) is 5.75 Å². The van der Waals surface area contributed by atoms with Crippen molar-refractivity contribution in [3.63, 3.8) is 0 Å². The van der Waals surface area contributed by atoms with E-state index in [1.165, 1.54) is 37.7 Å². The van der Waals surface area contributed by atoms with Crippen LogP contribution < -0.4 is 10.1 Å². The van der Waals surface area contributed by atoms with Gasteiger partial charge >= 0.3 is 0 Å². The monoisotopic (exact) mass is 285 g/mol. The van der Waals surface area contributed by atoms with Gasteiger partial charge in [0.25, 0.3) is 0 Å². The van der Waals surface area contributed by atoms with Gasteiger partial charge in [-0.3, -0.25) is 0 Å². The maximum absolute atomic E-state index is 5.52. The number of hydrogen-bond acceptors (Lipinski definition) is 2. The predicted octanol–water partition coefficient (Wildman–Crippen LogP) is 4.17. The number of hydrogen-bond donors (Lipinski definition) is 1. The Bertz CT molecular complexity index is 514. The summed E-state index contributed by atoms with van der Waals surface area (Å²) in [5.74, 6) is 5.09. The van der Waals surface area contributed by atoms with Crippen molar-refractivity contribution in [2.45, 2.75) is 51.1 Å². The van der Waals surface area contributed by atoms with Crippen molar-refractivity contribution in [1.82, 2.24) is 5.32 Å². The van der Waals surface area contributed by atoms with Gasteiger partial charge in [0.2, 0.25) is 0 Å². The van der Waals surface area contributed by atoms with Crippen LogP contribution in [-0.2, 0) is 0 Å². The standard InChI is InChI=1S/C19H27NO/c1-12(14-6-3-4-9-19(14)21-2)20-18-11-13-10-17(18)16-8-5-7-15(13)16/h3-4,6,9,12-13,15-18,20H,5,7-8,10-11H2,1-2H3. The normalized spacial score (nSPS) is 38.5. The van der Waals surface area contributed by atoms with Crippen molar-refractivity contribution >= 4 is 0 Å². The van der Waals surface area contributed by atoms with Crippen LogP contribution in [0.3, 0.4) is 0 Å². The van der Waals surface area contributed by atoms with Crippen LogP contribution in [0.25, 0.3) is 0 Å². The Morgan fingerprint density at radius 2 is 1.90 bits per heavy atom. The molecule has 3 aliphatic carbocycles.